The van der Waals surface area contributed by atoms with Gasteiger partial charge < -0.3 is 10.1 Å². The van der Waals surface area contributed by atoms with Crippen molar-refractivity contribution in [2.45, 2.75) is 18.9 Å². The predicted octanol–water partition coefficient (Wildman–Crippen LogP) is -0.920. The molecule has 2 aliphatic rings. The van der Waals surface area contributed by atoms with E-state index in [0.717, 1.165) is 39.4 Å². The molecule has 5 nitrogen and oxygen atoms in total. The van der Waals surface area contributed by atoms with Gasteiger partial charge in [0.05, 0.1) is 13.2 Å². The molecule has 82 valence electrons. The third-order valence-corrected chi connectivity index (χ3v) is 2.78. The second kappa shape index (κ2) is 5.63. The quantitative estimate of drug-likeness (QED) is 0.514. The highest BCUT2D eigenvalue weighted by Gasteiger charge is 2.14. The fourth-order valence-electron chi connectivity index (χ4n) is 1.82. The minimum atomic E-state index is 0.610. The first kappa shape index (κ1) is 10.3. The SMILES string of the molecule is C1CC(NNN2CCOCC2)CCN1. The van der Waals surface area contributed by atoms with Gasteiger partial charge in [0.15, 0.2) is 0 Å². The van der Waals surface area contributed by atoms with E-state index in [0.29, 0.717) is 6.04 Å². The lowest BCUT2D eigenvalue weighted by molar-refractivity contribution is -0.00287. The zero-order chi connectivity index (χ0) is 9.64. The van der Waals surface area contributed by atoms with E-state index in [9.17, 15) is 0 Å². The fourth-order valence-corrected chi connectivity index (χ4v) is 1.82. The van der Waals surface area contributed by atoms with Crippen LogP contribution in [0.3, 0.4) is 0 Å². The highest BCUT2D eigenvalue weighted by molar-refractivity contribution is 4.72. The second-order valence-electron chi connectivity index (χ2n) is 3.88. The van der Waals surface area contributed by atoms with Crippen LogP contribution in [-0.4, -0.2) is 50.4 Å². The lowest BCUT2D eigenvalue weighted by Crippen LogP contribution is -2.56. The van der Waals surface area contributed by atoms with Crippen LogP contribution in [-0.2, 0) is 4.74 Å². The molecular weight excluding hydrogens is 180 g/mol. The summed E-state index contributed by atoms with van der Waals surface area (Å²) in [6.07, 6.45) is 2.41. The molecule has 0 radical (unpaired) electrons. The summed E-state index contributed by atoms with van der Waals surface area (Å²) in [6.45, 7) is 5.86. The number of nitrogens with zero attached hydrogens (tertiary/aromatic N) is 1. The van der Waals surface area contributed by atoms with E-state index in [4.69, 9.17) is 4.74 Å². The zero-order valence-corrected chi connectivity index (χ0v) is 8.59. The molecule has 0 aromatic carbocycles. The first-order valence-corrected chi connectivity index (χ1v) is 5.50. The van der Waals surface area contributed by atoms with Crippen molar-refractivity contribution in [3.8, 4) is 0 Å². The van der Waals surface area contributed by atoms with E-state index in [-0.39, 0.29) is 0 Å². The van der Waals surface area contributed by atoms with Gasteiger partial charge in [-0.15, -0.1) is 0 Å². The number of nitrogens with one attached hydrogen (secondary N) is 3. The van der Waals surface area contributed by atoms with Crippen LogP contribution >= 0.6 is 0 Å². The van der Waals surface area contributed by atoms with E-state index in [1.807, 2.05) is 0 Å². The maximum atomic E-state index is 5.27. The maximum Gasteiger partial charge on any atom is 0.0608 e. The van der Waals surface area contributed by atoms with Crippen molar-refractivity contribution in [2.75, 3.05) is 39.4 Å². The molecule has 0 unspecified atom stereocenters. The van der Waals surface area contributed by atoms with Crippen molar-refractivity contribution in [3.63, 3.8) is 0 Å². The molecule has 2 aliphatic heterocycles. The summed E-state index contributed by atoms with van der Waals surface area (Å²) in [7, 11) is 0. The average Bonchev–Trinajstić information content (AvgIpc) is 2.29. The van der Waals surface area contributed by atoms with E-state index >= 15 is 0 Å². The topological polar surface area (TPSA) is 48.6 Å². The number of morpholine rings is 1. The van der Waals surface area contributed by atoms with Gasteiger partial charge in [-0.2, -0.15) is 5.53 Å². The van der Waals surface area contributed by atoms with Gasteiger partial charge in [0.2, 0.25) is 0 Å². The van der Waals surface area contributed by atoms with Gasteiger partial charge in [-0.25, -0.2) is 10.4 Å². The normalized spacial score (nSPS) is 26.6. The van der Waals surface area contributed by atoms with Crippen LogP contribution in [0.2, 0.25) is 0 Å². The Hall–Kier alpha value is -0.200. The van der Waals surface area contributed by atoms with Crippen LogP contribution in [0.15, 0.2) is 0 Å². The van der Waals surface area contributed by atoms with Gasteiger partial charge >= 0.3 is 0 Å². The largest absolute Gasteiger partial charge is 0.379 e. The van der Waals surface area contributed by atoms with E-state index in [1.54, 1.807) is 0 Å². The maximum absolute atomic E-state index is 5.27. The monoisotopic (exact) mass is 200 g/mol. The average molecular weight is 200 g/mol. The Labute approximate surface area is 85.1 Å². The minimum Gasteiger partial charge on any atom is -0.379 e. The summed E-state index contributed by atoms with van der Waals surface area (Å²) in [5.74, 6) is 0. The molecule has 0 amide bonds. The molecule has 2 rings (SSSR count). The van der Waals surface area contributed by atoms with Crippen LogP contribution in [0.5, 0.6) is 0 Å². The van der Waals surface area contributed by atoms with Crippen molar-refractivity contribution < 1.29 is 4.74 Å². The summed E-state index contributed by atoms with van der Waals surface area (Å²) < 4.78 is 5.27. The zero-order valence-electron chi connectivity index (χ0n) is 8.59. The number of rotatable bonds is 3. The predicted molar refractivity (Wildman–Crippen MR) is 54.6 cm³/mol. The Morgan fingerprint density at radius 2 is 1.86 bits per heavy atom. The minimum absolute atomic E-state index is 0.610. The number of hydrazine groups is 2. The first-order chi connectivity index (χ1) is 6.95. The van der Waals surface area contributed by atoms with E-state index in [2.05, 4.69) is 21.3 Å². The first-order valence-electron chi connectivity index (χ1n) is 5.50. The standard InChI is InChI=1S/C9H20N4O/c1-3-10-4-2-9(1)11-12-13-5-7-14-8-6-13/h9-12H,1-8H2. The Morgan fingerprint density at radius 1 is 1.14 bits per heavy atom. The molecule has 0 aliphatic carbocycles. The molecule has 5 heteroatoms. The van der Waals surface area contributed by atoms with Crippen LogP contribution in [0.4, 0.5) is 0 Å². The van der Waals surface area contributed by atoms with Crippen molar-refractivity contribution in [2.24, 2.45) is 0 Å². The van der Waals surface area contributed by atoms with E-state index < -0.39 is 0 Å². The van der Waals surface area contributed by atoms with Crippen LogP contribution < -0.4 is 16.3 Å². The van der Waals surface area contributed by atoms with Gasteiger partial charge in [0, 0.05) is 19.1 Å². The van der Waals surface area contributed by atoms with Gasteiger partial charge in [-0.3, -0.25) is 0 Å². The fraction of sp³-hybridized carbons (Fsp3) is 1.00. The number of ether oxygens (including phenoxy) is 1. The molecule has 14 heavy (non-hydrogen) atoms. The van der Waals surface area contributed by atoms with Gasteiger partial charge in [0.1, 0.15) is 0 Å². The highest BCUT2D eigenvalue weighted by atomic mass is 16.5. The Balaban J connectivity index is 1.60. The molecule has 0 saturated carbocycles. The highest BCUT2D eigenvalue weighted by Crippen LogP contribution is 2.00. The lowest BCUT2D eigenvalue weighted by Gasteiger charge is -2.31. The number of hydrogen-bond donors (Lipinski definition) is 3. The number of hydrogen-bond acceptors (Lipinski definition) is 5. The Morgan fingerprint density at radius 3 is 2.57 bits per heavy atom. The Bertz CT molecular complexity index is 137. The molecule has 0 spiro atoms. The van der Waals surface area contributed by atoms with Crippen molar-refractivity contribution in [1.82, 2.24) is 21.3 Å². The molecule has 3 N–H and O–H groups in total. The lowest BCUT2D eigenvalue weighted by atomic mass is 10.1. The van der Waals surface area contributed by atoms with Crippen molar-refractivity contribution in [1.29, 1.82) is 0 Å². The van der Waals surface area contributed by atoms with Crippen LogP contribution in [0.25, 0.3) is 0 Å². The molecule has 2 heterocycles. The third kappa shape index (κ3) is 3.18. The van der Waals surface area contributed by atoms with Gasteiger partial charge in [0.25, 0.3) is 0 Å². The summed E-state index contributed by atoms with van der Waals surface area (Å²) in [4.78, 5) is 0. The molecular formula is C9H20N4O. The van der Waals surface area contributed by atoms with Crippen LogP contribution in [0, 0.1) is 0 Å². The summed E-state index contributed by atoms with van der Waals surface area (Å²) in [5, 5.41) is 5.54. The van der Waals surface area contributed by atoms with E-state index in [1.165, 1.54) is 12.8 Å². The van der Waals surface area contributed by atoms with Crippen molar-refractivity contribution >= 4 is 0 Å². The summed E-state index contributed by atoms with van der Waals surface area (Å²) in [5.41, 5.74) is 6.64. The van der Waals surface area contributed by atoms with Crippen LogP contribution in [0.1, 0.15) is 12.8 Å². The second-order valence-corrected chi connectivity index (χ2v) is 3.88. The van der Waals surface area contributed by atoms with Gasteiger partial charge in [-0.1, -0.05) is 0 Å². The smallest absolute Gasteiger partial charge is 0.0608 e. The van der Waals surface area contributed by atoms with Crippen molar-refractivity contribution in [3.05, 3.63) is 0 Å². The molecule has 2 saturated heterocycles. The Kier molecular flexibility index (Phi) is 4.15. The molecule has 0 atom stereocenters. The summed E-state index contributed by atoms with van der Waals surface area (Å²) in [6, 6.07) is 0.610. The van der Waals surface area contributed by atoms with Gasteiger partial charge in [-0.05, 0) is 25.9 Å². The summed E-state index contributed by atoms with van der Waals surface area (Å²) >= 11 is 0. The molecule has 0 aromatic heterocycles. The molecule has 2 fully saturated rings. The number of piperidine rings is 1. The molecule has 0 bridgehead atoms. The third-order valence-electron chi connectivity index (χ3n) is 2.78. The molecule has 0 aromatic rings.